The van der Waals surface area contributed by atoms with Gasteiger partial charge in [-0.3, -0.25) is 13.8 Å². The number of aliphatic hydroxyl groups excluding tert-OH is 1. The van der Waals surface area contributed by atoms with Gasteiger partial charge in [0.15, 0.2) is 0 Å². The van der Waals surface area contributed by atoms with Gasteiger partial charge in [-0.2, -0.15) is 0 Å². The molecule has 3 atom stereocenters. The Morgan fingerprint density at radius 3 is 1.30 bits per heavy atom. The zero-order valence-corrected chi connectivity index (χ0v) is 43.2. The van der Waals surface area contributed by atoms with Crippen molar-refractivity contribution in [2.45, 2.75) is 264 Å². The predicted octanol–water partition coefficient (Wildman–Crippen LogP) is 15.8. The Labute approximate surface area is 391 Å². The summed E-state index contributed by atoms with van der Waals surface area (Å²) in [5.41, 5.74) is 0. The molecule has 8 nitrogen and oxygen atoms in total. The average molecular weight is 910 g/mol. The summed E-state index contributed by atoms with van der Waals surface area (Å²) < 4.78 is 23.5. The standard InChI is InChI=1S/C54H105N2O6P/c1-6-8-10-12-14-16-17-18-19-20-21-22-23-24-25-26-27-28-29-30-31-32-33-34-35-36-37-38-40-42-44-46-48-54(58)55-52(51-62-63(59,60)61-50-49-56(3,4)5)53(57)47-45-43-41-39-15-13-11-9-7-2/h15,24-25,39,45,47,52-53,57H,6-14,16-23,26-38,40-44,46,48-51H2,1-5H3,(H-,55,58,59,60)/p+1/b25-24-,39-15+,47-45+. The summed E-state index contributed by atoms with van der Waals surface area (Å²) >= 11 is 0. The average Bonchev–Trinajstić information content (AvgIpc) is 3.24. The summed E-state index contributed by atoms with van der Waals surface area (Å²) in [5.74, 6) is -0.187. The van der Waals surface area contributed by atoms with Crippen LogP contribution in [0.2, 0.25) is 0 Å². The van der Waals surface area contributed by atoms with Gasteiger partial charge < -0.3 is 19.8 Å². The molecule has 9 heteroatoms. The summed E-state index contributed by atoms with van der Waals surface area (Å²) in [6.07, 6.45) is 58.5. The topological polar surface area (TPSA) is 105 Å². The van der Waals surface area contributed by atoms with E-state index in [1.807, 2.05) is 27.2 Å². The van der Waals surface area contributed by atoms with Crippen molar-refractivity contribution >= 4 is 13.7 Å². The fraction of sp³-hybridized carbons (Fsp3) is 0.870. The van der Waals surface area contributed by atoms with Gasteiger partial charge in [-0.15, -0.1) is 0 Å². The zero-order chi connectivity index (χ0) is 46.4. The van der Waals surface area contributed by atoms with Crippen LogP contribution in [0.15, 0.2) is 36.5 Å². The van der Waals surface area contributed by atoms with Crippen LogP contribution in [0.25, 0.3) is 0 Å². The van der Waals surface area contributed by atoms with Crippen LogP contribution in [0.1, 0.15) is 251 Å². The van der Waals surface area contributed by atoms with Crippen LogP contribution in [0.3, 0.4) is 0 Å². The van der Waals surface area contributed by atoms with Crippen LogP contribution in [0.5, 0.6) is 0 Å². The van der Waals surface area contributed by atoms with Crippen LogP contribution in [0.4, 0.5) is 0 Å². The van der Waals surface area contributed by atoms with Crippen molar-refractivity contribution in [3.05, 3.63) is 36.5 Å². The van der Waals surface area contributed by atoms with Gasteiger partial charge in [0.2, 0.25) is 5.91 Å². The Morgan fingerprint density at radius 1 is 0.524 bits per heavy atom. The second kappa shape index (κ2) is 45.9. The molecule has 0 heterocycles. The molecule has 0 aliphatic carbocycles. The van der Waals surface area contributed by atoms with E-state index >= 15 is 0 Å². The maximum Gasteiger partial charge on any atom is 0.472 e. The van der Waals surface area contributed by atoms with Crippen molar-refractivity contribution in [1.82, 2.24) is 5.32 Å². The lowest BCUT2D eigenvalue weighted by Crippen LogP contribution is -2.45. The normalized spacial score (nSPS) is 14.3. The number of carbonyl (C=O) groups is 1. The van der Waals surface area contributed by atoms with Crippen molar-refractivity contribution in [2.75, 3.05) is 40.9 Å². The molecule has 0 radical (unpaired) electrons. The van der Waals surface area contributed by atoms with Crippen LogP contribution >= 0.6 is 7.82 Å². The first-order chi connectivity index (χ1) is 30.5. The molecule has 63 heavy (non-hydrogen) atoms. The summed E-state index contributed by atoms with van der Waals surface area (Å²) in [4.78, 5) is 23.1. The molecule has 372 valence electrons. The molecule has 0 aliphatic heterocycles. The van der Waals surface area contributed by atoms with Crippen LogP contribution in [-0.4, -0.2) is 73.4 Å². The molecule has 0 saturated heterocycles. The van der Waals surface area contributed by atoms with Gasteiger partial charge in [0, 0.05) is 6.42 Å². The van der Waals surface area contributed by atoms with Crippen molar-refractivity contribution in [1.29, 1.82) is 0 Å². The number of phosphoric ester groups is 1. The Kier molecular flexibility index (Phi) is 44.9. The molecule has 1 amide bonds. The van der Waals surface area contributed by atoms with Gasteiger partial charge >= 0.3 is 7.82 Å². The largest absolute Gasteiger partial charge is 0.472 e. The molecule has 3 unspecified atom stereocenters. The van der Waals surface area contributed by atoms with E-state index in [2.05, 4.69) is 43.5 Å². The number of amides is 1. The molecular weight excluding hydrogens is 804 g/mol. The molecule has 0 aliphatic rings. The van der Waals surface area contributed by atoms with E-state index in [0.29, 0.717) is 17.4 Å². The lowest BCUT2D eigenvalue weighted by atomic mass is 10.0. The molecule has 0 aromatic carbocycles. The lowest BCUT2D eigenvalue weighted by Gasteiger charge is -2.25. The predicted molar refractivity (Wildman–Crippen MR) is 272 cm³/mol. The third-order valence-corrected chi connectivity index (χ3v) is 13.1. The van der Waals surface area contributed by atoms with Gasteiger partial charge in [-0.1, -0.05) is 224 Å². The Hall–Kier alpha value is -1.28. The Bertz CT molecular complexity index is 1120. The van der Waals surface area contributed by atoms with Gasteiger partial charge in [-0.25, -0.2) is 4.57 Å². The number of likely N-dealkylation sites (N-methyl/N-ethyl adjacent to an activating group) is 1. The number of phosphoric acid groups is 1. The first-order valence-electron chi connectivity index (χ1n) is 26.9. The highest BCUT2D eigenvalue weighted by Gasteiger charge is 2.27. The molecule has 0 bridgehead atoms. The lowest BCUT2D eigenvalue weighted by molar-refractivity contribution is -0.870. The second-order valence-corrected chi connectivity index (χ2v) is 21.0. The van der Waals surface area contributed by atoms with E-state index in [9.17, 15) is 19.4 Å². The fourth-order valence-electron chi connectivity index (χ4n) is 7.82. The molecule has 0 spiro atoms. The first kappa shape index (κ1) is 61.7. The minimum atomic E-state index is -4.34. The van der Waals surface area contributed by atoms with Gasteiger partial charge in [0.05, 0.1) is 39.9 Å². The molecule has 0 rings (SSSR count). The highest BCUT2D eigenvalue weighted by molar-refractivity contribution is 7.47. The van der Waals surface area contributed by atoms with E-state index in [1.165, 1.54) is 193 Å². The third kappa shape index (κ3) is 48.5. The number of nitrogens with zero attached hydrogens (tertiary/aromatic N) is 1. The van der Waals surface area contributed by atoms with Crippen LogP contribution in [0, 0.1) is 0 Å². The molecule has 3 N–H and O–H groups in total. The van der Waals surface area contributed by atoms with Crippen molar-refractivity contribution in [3.63, 3.8) is 0 Å². The van der Waals surface area contributed by atoms with E-state index in [4.69, 9.17) is 9.05 Å². The van der Waals surface area contributed by atoms with E-state index < -0.39 is 20.0 Å². The van der Waals surface area contributed by atoms with Gasteiger partial charge in [0.25, 0.3) is 0 Å². The number of quaternary nitrogens is 1. The number of hydrogen-bond donors (Lipinski definition) is 3. The number of carbonyl (C=O) groups excluding carboxylic acids is 1. The first-order valence-corrected chi connectivity index (χ1v) is 28.4. The monoisotopic (exact) mass is 910 g/mol. The summed E-state index contributed by atoms with van der Waals surface area (Å²) in [6.45, 7) is 4.75. The highest BCUT2D eigenvalue weighted by atomic mass is 31.2. The quantitative estimate of drug-likeness (QED) is 0.0243. The highest BCUT2D eigenvalue weighted by Crippen LogP contribution is 2.43. The van der Waals surface area contributed by atoms with Gasteiger partial charge in [-0.05, 0) is 57.8 Å². The second-order valence-electron chi connectivity index (χ2n) is 19.6. The summed E-state index contributed by atoms with van der Waals surface area (Å²) in [6, 6.07) is -0.859. The SMILES string of the molecule is CCCCC/C=C/CC/C=C/C(O)C(COP(=O)(O)OCC[N+](C)(C)C)NC(=O)CCCCCCCCCCCCCCCCCC/C=C\CCCCCCCCCCCCCC. The number of aliphatic hydroxyl groups is 1. The summed E-state index contributed by atoms with van der Waals surface area (Å²) in [5, 5.41) is 13.8. The Balaban J connectivity index is 3.94. The van der Waals surface area contributed by atoms with E-state index in [0.717, 1.165) is 38.5 Å². The fourth-order valence-corrected chi connectivity index (χ4v) is 8.55. The number of rotatable bonds is 49. The number of hydrogen-bond acceptors (Lipinski definition) is 5. The smallest absolute Gasteiger partial charge is 0.387 e. The van der Waals surface area contributed by atoms with Crippen LogP contribution in [-0.2, 0) is 18.4 Å². The Morgan fingerprint density at radius 2 is 0.873 bits per heavy atom. The number of allylic oxidation sites excluding steroid dienone is 5. The number of unbranched alkanes of at least 4 members (excludes halogenated alkanes) is 32. The van der Waals surface area contributed by atoms with Gasteiger partial charge in [0.1, 0.15) is 13.2 Å². The molecule has 0 aromatic rings. The van der Waals surface area contributed by atoms with E-state index in [-0.39, 0.29) is 19.1 Å². The maximum atomic E-state index is 12.9. The molecule has 0 fully saturated rings. The van der Waals surface area contributed by atoms with Crippen molar-refractivity contribution < 1.29 is 32.9 Å². The minimum absolute atomic E-state index is 0.0566. The summed E-state index contributed by atoms with van der Waals surface area (Å²) in [7, 11) is 1.56. The third-order valence-electron chi connectivity index (χ3n) is 12.1. The van der Waals surface area contributed by atoms with E-state index in [1.54, 1.807) is 6.08 Å². The van der Waals surface area contributed by atoms with Crippen molar-refractivity contribution in [2.24, 2.45) is 0 Å². The number of nitrogens with one attached hydrogen (secondary N) is 1. The molecule has 0 saturated carbocycles. The molecule has 0 aromatic heterocycles. The van der Waals surface area contributed by atoms with Crippen molar-refractivity contribution in [3.8, 4) is 0 Å². The molecular formula is C54H106N2O6P+. The van der Waals surface area contributed by atoms with Crippen LogP contribution < -0.4 is 5.32 Å². The minimum Gasteiger partial charge on any atom is -0.387 e. The zero-order valence-electron chi connectivity index (χ0n) is 42.3. The maximum absolute atomic E-state index is 12.9.